The van der Waals surface area contributed by atoms with Crippen LogP contribution in [0.2, 0.25) is 0 Å². The van der Waals surface area contributed by atoms with Crippen molar-refractivity contribution in [2.45, 2.75) is 37.6 Å². The van der Waals surface area contributed by atoms with Gasteiger partial charge in [-0.15, -0.1) is 11.6 Å². The summed E-state index contributed by atoms with van der Waals surface area (Å²) in [7, 11) is 1.70. The predicted molar refractivity (Wildman–Crippen MR) is 52.3 cm³/mol. The summed E-state index contributed by atoms with van der Waals surface area (Å²) in [6, 6.07) is 0.311. The number of alkyl halides is 1. The van der Waals surface area contributed by atoms with E-state index in [-0.39, 0.29) is 5.38 Å². The Kier molecular flexibility index (Phi) is 4.02. The maximum absolute atomic E-state index is 5.97. The predicted octanol–water partition coefficient (Wildman–Crippen LogP) is 2.25. The molecule has 0 saturated heterocycles. The summed E-state index contributed by atoms with van der Waals surface area (Å²) in [6.45, 7) is 2.67. The zero-order chi connectivity index (χ0) is 8.97. The van der Waals surface area contributed by atoms with Gasteiger partial charge in [-0.25, -0.2) is 0 Å². The van der Waals surface area contributed by atoms with Gasteiger partial charge >= 0.3 is 0 Å². The van der Waals surface area contributed by atoms with E-state index in [2.05, 4.69) is 4.99 Å². The fraction of sp³-hybridized carbons (Fsp3) is 0.889. The summed E-state index contributed by atoms with van der Waals surface area (Å²) in [5, 5.41) is 0.150. The van der Waals surface area contributed by atoms with Crippen molar-refractivity contribution in [2.24, 2.45) is 4.99 Å². The SMILES string of the molecule is COCC1=NC(C(C)Cl)CCC1. The average Bonchev–Trinajstić information content (AvgIpc) is 2.05. The van der Waals surface area contributed by atoms with Crippen LogP contribution in [0.1, 0.15) is 26.2 Å². The molecule has 0 aromatic rings. The van der Waals surface area contributed by atoms with Crippen molar-refractivity contribution in [3.63, 3.8) is 0 Å². The van der Waals surface area contributed by atoms with E-state index in [4.69, 9.17) is 16.3 Å². The first-order chi connectivity index (χ1) is 5.74. The summed E-state index contributed by atoms with van der Waals surface area (Å²) < 4.78 is 5.04. The highest BCUT2D eigenvalue weighted by atomic mass is 35.5. The van der Waals surface area contributed by atoms with E-state index in [1.165, 1.54) is 12.1 Å². The Hall–Kier alpha value is -0.0800. The molecule has 1 aliphatic heterocycles. The molecule has 70 valence electrons. The zero-order valence-corrected chi connectivity index (χ0v) is 8.47. The zero-order valence-electron chi connectivity index (χ0n) is 7.72. The topological polar surface area (TPSA) is 21.6 Å². The van der Waals surface area contributed by atoms with Gasteiger partial charge in [0.25, 0.3) is 0 Å². The highest BCUT2D eigenvalue weighted by Crippen LogP contribution is 2.19. The van der Waals surface area contributed by atoms with Crippen LogP contribution in [-0.4, -0.2) is 30.8 Å². The Balaban J connectivity index is 2.51. The van der Waals surface area contributed by atoms with Crippen LogP contribution in [0.5, 0.6) is 0 Å². The molecule has 0 N–H and O–H groups in total. The molecule has 0 aromatic carbocycles. The normalized spacial score (nSPS) is 26.6. The van der Waals surface area contributed by atoms with E-state index in [9.17, 15) is 0 Å². The Morgan fingerprint density at radius 3 is 3.08 bits per heavy atom. The van der Waals surface area contributed by atoms with E-state index >= 15 is 0 Å². The van der Waals surface area contributed by atoms with Crippen LogP contribution in [0.3, 0.4) is 0 Å². The van der Waals surface area contributed by atoms with Gasteiger partial charge in [0.1, 0.15) is 0 Å². The van der Waals surface area contributed by atoms with Crippen LogP contribution >= 0.6 is 11.6 Å². The minimum atomic E-state index is 0.150. The maximum Gasteiger partial charge on any atom is 0.0840 e. The van der Waals surface area contributed by atoms with Gasteiger partial charge < -0.3 is 4.74 Å². The largest absolute Gasteiger partial charge is 0.379 e. The number of aliphatic imine (C=N–C) groups is 1. The molecule has 0 aliphatic carbocycles. The van der Waals surface area contributed by atoms with Crippen molar-refractivity contribution in [1.82, 2.24) is 0 Å². The highest BCUT2D eigenvalue weighted by Gasteiger charge is 2.18. The Bertz CT molecular complexity index is 168. The quantitative estimate of drug-likeness (QED) is 0.625. The van der Waals surface area contributed by atoms with Crippen LogP contribution in [0.4, 0.5) is 0 Å². The Morgan fingerprint density at radius 2 is 2.50 bits per heavy atom. The van der Waals surface area contributed by atoms with Crippen molar-refractivity contribution in [3.05, 3.63) is 0 Å². The lowest BCUT2D eigenvalue weighted by Crippen LogP contribution is -2.24. The van der Waals surface area contributed by atoms with E-state index in [1.54, 1.807) is 7.11 Å². The van der Waals surface area contributed by atoms with Gasteiger partial charge in [0.05, 0.1) is 18.0 Å². The van der Waals surface area contributed by atoms with Crippen LogP contribution in [-0.2, 0) is 4.74 Å². The third-order valence-electron chi connectivity index (χ3n) is 2.15. The second-order valence-corrected chi connectivity index (χ2v) is 3.95. The number of nitrogens with zero attached hydrogens (tertiary/aromatic N) is 1. The molecule has 0 fully saturated rings. The van der Waals surface area contributed by atoms with Gasteiger partial charge in [-0.3, -0.25) is 4.99 Å². The minimum Gasteiger partial charge on any atom is -0.379 e. The third-order valence-corrected chi connectivity index (χ3v) is 2.45. The second kappa shape index (κ2) is 4.83. The third kappa shape index (κ3) is 2.76. The average molecular weight is 190 g/mol. The van der Waals surface area contributed by atoms with Crippen molar-refractivity contribution < 1.29 is 4.74 Å². The van der Waals surface area contributed by atoms with Crippen LogP contribution < -0.4 is 0 Å². The van der Waals surface area contributed by atoms with Crippen LogP contribution in [0.15, 0.2) is 4.99 Å². The molecule has 12 heavy (non-hydrogen) atoms. The molecule has 2 nitrogen and oxygen atoms in total. The molecule has 0 aromatic heterocycles. The van der Waals surface area contributed by atoms with Gasteiger partial charge in [0, 0.05) is 12.8 Å². The fourth-order valence-corrected chi connectivity index (χ4v) is 1.67. The molecular formula is C9H16ClNO. The van der Waals surface area contributed by atoms with Gasteiger partial charge in [-0.1, -0.05) is 0 Å². The number of methoxy groups -OCH3 is 1. The number of rotatable bonds is 3. The first-order valence-corrected chi connectivity index (χ1v) is 4.86. The number of halogens is 1. The van der Waals surface area contributed by atoms with Gasteiger partial charge in [0.2, 0.25) is 0 Å². The molecule has 3 heteroatoms. The Morgan fingerprint density at radius 1 is 1.75 bits per heavy atom. The number of hydrogen-bond acceptors (Lipinski definition) is 2. The summed E-state index contributed by atoms with van der Waals surface area (Å²) >= 11 is 5.97. The molecule has 0 saturated carbocycles. The van der Waals surface area contributed by atoms with E-state index in [1.807, 2.05) is 6.92 Å². The molecule has 0 amide bonds. The molecule has 1 aliphatic rings. The summed E-state index contributed by atoms with van der Waals surface area (Å²) in [6.07, 6.45) is 3.40. The monoisotopic (exact) mass is 189 g/mol. The molecule has 0 bridgehead atoms. The van der Waals surface area contributed by atoms with Crippen molar-refractivity contribution >= 4 is 17.3 Å². The lowest BCUT2D eigenvalue weighted by molar-refractivity contribution is 0.241. The van der Waals surface area contributed by atoms with E-state index in [0.29, 0.717) is 12.6 Å². The fourth-order valence-electron chi connectivity index (χ4n) is 1.49. The van der Waals surface area contributed by atoms with Crippen LogP contribution in [0, 0.1) is 0 Å². The van der Waals surface area contributed by atoms with E-state index in [0.717, 1.165) is 12.8 Å². The highest BCUT2D eigenvalue weighted by molar-refractivity contribution is 6.21. The standard InChI is InChI=1S/C9H16ClNO/c1-7(10)9-5-3-4-8(11-9)6-12-2/h7,9H,3-6H2,1-2H3. The van der Waals surface area contributed by atoms with E-state index < -0.39 is 0 Å². The lowest BCUT2D eigenvalue weighted by atomic mass is 10.0. The molecule has 2 unspecified atom stereocenters. The minimum absolute atomic E-state index is 0.150. The van der Waals surface area contributed by atoms with Crippen LogP contribution in [0.25, 0.3) is 0 Å². The number of hydrogen-bond donors (Lipinski definition) is 0. The molecule has 2 atom stereocenters. The first kappa shape index (κ1) is 10.0. The lowest BCUT2D eigenvalue weighted by Gasteiger charge is -2.21. The second-order valence-electron chi connectivity index (χ2n) is 3.27. The molecule has 0 spiro atoms. The van der Waals surface area contributed by atoms with Crippen molar-refractivity contribution in [2.75, 3.05) is 13.7 Å². The van der Waals surface area contributed by atoms with Gasteiger partial charge in [-0.2, -0.15) is 0 Å². The number of ether oxygens (including phenoxy) is 1. The maximum atomic E-state index is 5.97. The molecule has 1 heterocycles. The van der Waals surface area contributed by atoms with Crippen molar-refractivity contribution in [3.8, 4) is 0 Å². The molecular weight excluding hydrogens is 174 g/mol. The first-order valence-electron chi connectivity index (χ1n) is 4.42. The molecule has 1 rings (SSSR count). The van der Waals surface area contributed by atoms with Gasteiger partial charge in [-0.05, 0) is 26.2 Å². The molecule has 0 radical (unpaired) electrons. The summed E-state index contributed by atoms with van der Waals surface area (Å²) in [5.74, 6) is 0. The summed E-state index contributed by atoms with van der Waals surface area (Å²) in [5.41, 5.74) is 1.17. The smallest absolute Gasteiger partial charge is 0.0840 e. The van der Waals surface area contributed by atoms with Gasteiger partial charge in [0.15, 0.2) is 0 Å². The summed E-state index contributed by atoms with van der Waals surface area (Å²) in [4.78, 5) is 4.53. The van der Waals surface area contributed by atoms with Crippen molar-refractivity contribution in [1.29, 1.82) is 0 Å². The Labute approximate surface area is 79.0 Å².